The van der Waals surface area contributed by atoms with Crippen LogP contribution in [0, 0.1) is 4.78 Å². The first-order valence-corrected chi connectivity index (χ1v) is 5.30. The van der Waals surface area contributed by atoms with E-state index in [1.54, 1.807) is 0 Å². The van der Waals surface area contributed by atoms with E-state index in [0.29, 0.717) is 6.29 Å². The van der Waals surface area contributed by atoms with Crippen molar-refractivity contribution in [2.24, 2.45) is 0 Å². The summed E-state index contributed by atoms with van der Waals surface area (Å²) in [7, 11) is -2.48. The molecule has 1 aliphatic heterocycles. The molecule has 0 aliphatic carbocycles. The van der Waals surface area contributed by atoms with Crippen LogP contribution in [0.1, 0.15) is 12.8 Å². The van der Waals surface area contributed by atoms with E-state index in [1.807, 2.05) is 0 Å². The highest BCUT2D eigenvalue weighted by Gasteiger charge is 2.33. The molecular weight excluding hydrogens is 166 g/mol. The minimum absolute atomic E-state index is 0.141. The number of aldehydes is 1. The second-order valence-corrected chi connectivity index (χ2v) is 5.38. The highest BCUT2D eigenvalue weighted by atomic mass is 32.2. The number of carbonyl (C=O) groups excluding carboxylic acids is 1. The summed E-state index contributed by atoms with van der Waals surface area (Å²) in [6, 6.07) is 0. The molecular formula is C6H11NO3S. The molecule has 1 aliphatic rings. The van der Waals surface area contributed by atoms with Crippen LogP contribution >= 0.6 is 0 Å². The average Bonchev–Trinajstić information content (AvgIpc) is 1.97. The van der Waals surface area contributed by atoms with Crippen LogP contribution in [-0.4, -0.2) is 32.7 Å². The van der Waals surface area contributed by atoms with Crippen LogP contribution in [-0.2, 0) is 14.5 Å². The maximum atomic E-state index is 11.0. The number of hydrogen-bond donors (Lipinski definition) is 2. The summed E-state index contributed by atoms with van der Waals surface area (Å²) >= 11 is 0. The first-order chi connectivity index (χ1) is 4.97. The fourth-order valence-corrected chi connectivity index (χ4v) is 2.60. The van der Waals surface area contributed by atoms with Gasteiger partial charge in [0.25, 0.3) is 0 Å². The van der Waals surface area contributed by atoms with Gasteiger partial charge in [-0.25, -0.2) is 4.21 Å². The molecule has 1 heterocycles. The quantitative estimate of drug-likeness (QED) is 0.542. The Bertz CT molecular complexity index is 243. The summed E-state index contributed by atoms with van der Waals surface area (Å²) in [5, 5.41) is 9.34. The molecule has 0 aromatic rings. The number of rotatable bonds is 1. The number of hydrogen-bond acceptors (Lipinski definition) is 4. The largest absolute Gasteiger partial charge is 0.382 e. The van der Waals surface area contributed by atoms with E-state index < -0.39 is 15.3 Å². The van der Waals surface area contributed by atoms with Gasteiger partial charge in [-0.15, -0.1) is 0 Å². The molecule has 1 rings (SSSR count). The Kier molecular flexibility index (Phi) is 2.02. The zero-order chi connectivity index (χ0) is 8.54. The topological polar surface area (TPSA) is 78.2 Å². The van der Waals surface area contributed by atoms with Crippen molar-refractivity contribution in [2.75, 3.05) is 11.5 Å². The molecule has 0 atom stereocenters. The van der Waals surface area contributed by atoms with Gasteiger partial charge < -0.3 is 9.90 Å². The SMILES string of the molecule is N=S1(=O)CCC(O)(C=O)CC1. The predicted molar refractivity (Wildman–Crippen MR) is 40.8 cm³/mol. The summed E-state index contributed by atoms with van der Waals surface area (Å²) < 4.78 is 18.2. The molecule has 0 aromatic heterocycles. The molecule has 64 valence electrons. The molecule has 5 heteroatoms. The molecule has 1 saturated heterocycles. The van der Waals surface area contributed by atoms with Gasteiger partial charge in [0.1, 0.15) is 5.60 Å². The van der Waals surface area contributed by atoms with Crippen molar-refractivity contribution in [1.82, 2.24) is 0 Å². The van der Waals surface area contributed by atoms with Crippen LogP contribution < -0.4 is 0 Å². The highest BCUT2D eigenvalue weighted by molar-refractivity contribution is 7.92. The second-order valence-electron chi connectivity index (χ2n) is 2.94. The standard InChI is InChI=1S/C6H11NO3S/c7-11(10)3-1-6(9,5-8)2-4-11/h5,7,9H,1-4H2. The molecule has 0 unspecified atom stereocenters. The van der Waals surface area contributed by atoms with Crippen molar-refractivity contribution in [3.63, 3.8) is 0 Å². The Morgan fingerprint density at radius 3 is 2.27 bits per heavy atom. The van der Waals surface area contributed by atoms with Gasteiger partial charge in [-0.2, -0.15) is 0 Å². The van der Waals surface area contributed by atoms with Gasteiger partial charge >= 0.3 is 0 Å². The second kappa shape index (κ2) is 2.57. The van der Waals surface area contributed by atoms with Crippen molar-refractivity contribution in [3.8, 4) is 0 Å². The van der Waals surface area contributed by atoms with Gasteiger partial charge in [0.15, 0.2) is 6.29 Å². The van der Waals surface area contributed by atoms with Crippen molar-refractivity contribution in [2.45, 2.75) is 18.4 Å². The van der Waals surface area contributed by atoms with Crippen molar-refractivity contribution in [1.29, 1.82) is 4.78 Å². The number of nitrogens with one attached hydrogen (secondary N) is 1. The Balaban J connectivity index is 2.69. The van der Waals surface area contributed by atoms with E-state index >= 15 is 0 Å². The number of carbonyl (C=O) groups is 1. The van der Waals surface area contributed by atoms with E-state index in [-0.39, 0.29) is 24.3 Å². The van der Waals surface area contributed by atoms with Gasteiger partial charge in [0.05, 0.1) is 0 Å². The number of aliphatic hydroxyl groups is 1. The van der Waals surface area contributed by atoms with Gasteiger partial charge in [0, 0.05) is 21.2 Å². The molecule has 0 radical (unpaired) electrons. The summed E-state index contributed by atoms with van der Waals surface area (Å²) in [4.78, 5) is 10.3. The summed E-state index contributed by atoms with van der Waals surface area (Å²) in [5.74, 6) is 0.282. The van der Waals surface area contributed by atoms with E-state index in [4.69, 9.17) is 4.78 Å². The molecule has 4 nitrogen and oxygen atoms in total. The van der Waals surface area contributed by atoms with Crippen LogP contribution in [0.25, 0.3) is 0 Å². The average molecular weight is 177 g/mol. The van der Waals surface area contributed by atoms with Gasteiger partial charge in [0.2, 0.25) is 0 Å². The molecule has 0 saturated carbocycles. The highest BCUT2D eigenvalue weighted by Crippen LogP contribution is 2.21. The van der Waals surface area contributed by atoms with Crippen LogP contribution in [0.3, 0.4) is 0 Å². The molecule has 0 spiro atoms. The zero-order valence-electron chi connectivity index (χ0n) is 6.08. The van der Waals surface area contributed by atoms with E-state index in [0.717, 1.165) is 0 Å². The molecule has 0 bridgehead atoms. The van der Waals surface area contributed by atoms with Crippen molar-refractivity contribution >= 4 is 16.0 Å². The van der Waals surface area contributed by atoms with Crippen molar-refractivity contribution in [3.05, 3.63) is 0 Å². The Morgan fingerprint density at radius 2 is 1.91 bits per heavy atom. The predicted octanol–water partition coefficient (Wildman–Crippen LogP) is -0.243. The fraction of sp³-hybridized carbons (Fsp3) is 0.833. The smallest absolute Gasteiger partial charge is 0.151 e. The van der Waals surface area contributed by atoms with Crippen LogP contribution in [0.2, 0.25) is 0 Å². The van der Waals surface area contributed by atoms with Gasteiger partial charge in [-0.3, -0.25) is 4.78 Å². The summed E-state index contributed by atoms with van der Waals surface area (Å²) in [6.45, 7) is 0. The van der Waals surface area contributed by atoms with E-state index in [1.165, 1.54) is 0 Å². The summed E-state index contributed by atoms with van der Waals surface area (Å²) in [6.07, 6.45) is 0.819. The lowest BCUT2D eigenvalue weighted by Crippen LogP contribution is -2.39. The summed E-state index contributed by atoms with van der Waals surface area (Å²) in [5.41, 5.74) is -1.30. The zero-order valence-corrected chi connectivity index (χ0v) is 6.89. The van der Waals surface area contributed by atoms with E-state index in [2.05, 4.69) is 0 Å². The lowest BCUT2D eigenvalue weighted by Gasteiger charge is -2.27. The normalized spacial score (nSPS) is 45.2. The molecule has 1 fully saturated rings. The molecule has 0 aromatic carbocycles. The minimum Gasteiger partial charge on any atom is -0.382 e. The maximum Gasteiger partial charge on any atom is 0.151 e. The van der Waals surface area contributed by atoms with Gasteiger partial charge in [-0.05, 0) is 12.8 Å². The maximum absolute atomic E-state index is 11.0. The van der Waals surface area contributed by atoms with Crippen LogP contribution in [0.5, 0.6) is 0 Å². The Morgan fingerprint density at radius 1 is 1.45 bits per heavy atom. The molecule has 11 heavy (non-hydrogen) atoms. The fourth-order valence-electron chi connectivity index (χ4n) is 1.03. The van der Waals surface area contributed by atoms with Gasteiger partial charge in [-0.1, -0.05) is 0 Å². The Labute approximate surface area is 65.6 Å². The Hall–Kier alpha value is -0.420. The lowest BCUT2D eigenvalue weighted by atomic mass is 9.99. The third-order valence-corrected chi connectivity index (χ3v) is 3.68. The van der Waals surface area contributed by atoms with Crippen LogP contribution in [0.4, 0.5) is 0 Å². The third kappa shape index (κ3) is 2.00. The first kappa shape index (κ1) is 8.67. The lowest BCUT2D eigenvalue weighted by molar-refractivity contribution is -0.124. The van der Waals surface area contributed by atoms with Crippen molar-refractivity contribution < 1.29 is 14.1 Å². The molecule has 2 N–H and O–H groups in total. The third-order valence-electron chi connectivity index (χ3n) is 1.95. The first-order valence-electron chi connectivity index (χ1n) is 3.40. The monoisotopic (exact) mass is 177 g/mol. The van der Waals surface area contributed by atoms with Crippen LogP contribution in [0.15, 0.2) is 0 Å². The minimum atomic E-state index is -2.48. The molecule has 0 amide bonds. The van der Waals surface area contributed by atoms with E-state index in [9.17, 15) is 14.1 Å².